The lowest BCUT2D eigenvalue weighted by molar-refractivity contribution is 0.0892. The summed E-state index contributed by atoms with van der Waals surface area (Å²) in [6.07, 6.45) is 1.80. The number of aliphatic hydroxyl groups excluding tert-OH is 1. The first-order chi connectivity index (χ1) is 13.0. The van der Waals surface area contributed by atoms with Crippen molar-refractivity contribution >= 4 is 6.09 Å². The molecule has 0 aliphatic heterocycles. The number of carbonyl (C=O) groups is 1. The van der Waals surface area contributed by atoms with E-state index in [9.17, 15) is 9.90 Å². The van der Waals surface area contributed by atoms with Crippen molar-refractivity contribution < 1.29 is 14.6 Å². The molecule has 2 aliphatic rings. The average Bonchev–Trinajstić information content (AvgIpc) is 3.47. The molecule has 1 fully saturated rings. The molecule has 0 heterocycles. The molecular weight excluding hydrogens is 338 g/mol. The summed E-state index contributed by atoms with van der Waals surface area (Å²) in [5, 5.41) is 12.7. The Hall–Kier alpha value is -2.33. The Labute approximate surface area is 160 Å². The SMILES string of the molecule is CC(C)(CO)C(NC(=O)OCC1c2ccccc2-c2ccccc21)C1CC1. The lowest BCUT2D eigenvalue weighted by atomic mass is 9.82. The largest absolute Gasteiger partial charge is 0.449 e. The van der Waals surface area contributed by atoms with Crippen LogP contribution in [0.5, 0.6) is 0 Å². The minimum atomic E-state index is -0.393. The van der Waals surface area contributed by atoms with Crippen LogP contribution in [0, 0.1) is 11.3 Å². The van der Waals surface area contributed by atoms with Gasteiger partial charge in [-0.15, -0.1) is 0 Å². The Morgan fingerprint density at radius 2 is 1.67 bits per heavy atom. The zero-order valence-corrected chi connectivity index (χ0v) is 15.9. The number of fused-ring (bicyclic) bond motifs is 3. The van der Waals surface area contributed by atoms with Crippen molar-refractivity contribution in [3.05, 3.63) is 59.7 Å². The van der Waals surface area contributed by atoms with Crippen molar-refractivity contribution in [2.45, 2.75) is 38.6 Å². The normalized spacial score (nSPS) is 17.1. The summed E-state index contributed by atoms with van der Waals surface area (Å²) >= 11 is 0. The zero-order valence-electron chi connectivity index (χ0n) is 15.9. The van der Waals surface area contributed by atoms with Gasteiger partial charge in [0.05, 0.1) is 6.61 Å². The molecule has 2 aromatic carbocycles. The predicted octanol–water partition coefficient (Wildman–Crippen LogP) is 4.32. The Kier molecular flexibility index (Phi) is 4.68. The van der Waals surface area contributed by atoms with Crippen LogP contribution in [0.3, 0.4) is 0 Å². The van der Waals surface area contributed by atoms with E-state index in [4.69, 9.17) is 4.74 Å². The first-order valence-corrected chi connectivity index (χ1v) is 9.73. The van der Waals surface area contributed by atoms with Crippen LogP contribution in [0.4, 0.5) is 4.79 Å². The van der Waals surface area contributed by atoms with E-state index in [0.717, 1.165) is 12.8 Å². The molecule has 1 unspecified atom stereocenters. The van der Waals surface area contributed by atoms with Crippen molar-refractivity contribution in [3.8, 4) is 11.1 Å². The molecule has 142 valence electrons. The van der Waals surface area contributed by atoms with E-state index in [1.165, 1.54) is 22.3 Å². The van der Waals surface area contributed by atoms with Crippen molar-refractivity contribution in [1.82, 2.24) is 5.32 Å². The standard InChI is InChI=1S/C23H27NO3/c1-23(2,14-25)21(15-11-12-15)24-22(26)27-13-20-18-9-5-3-7-16(18)17-8-4-6-10-19(17)20/h3-10,15,20-21,25H,11-14H2,1-2H3,(H,24,26). The second-order valence-corrected chi connectivity index (χ2v) is 8.43. The van der Waals surface area contributed by atoms with Gasteiger partial charge >= 0.3 is 6.09 Å². The van der Waals surface area contributed by atoms with Crippen LogP contribution in [0.1, 0.15) is 43.7 Å². The summed E-state index contributed by atoms with van der Waals surface area (Å²) in [5.41, 5.74) is 4.51. The molecule has 0 spiro atoms. The highest BCUT2D eigenvalue weighted by molar-refractivity contribution is 5.79. The summed E-state index contributed by atoms with van der Waals surface area (Å²) in [7, 11) is 0. The van der Waals surface area contributed by atoms with Crippen molar-refractivity contribution in [2.75, 3.05) is 13.2 Å². The van der Waals surface area contributed by atoms with Gasteiger partial charge in [0, 0.05) is 17.4 Å². The fourth-order valence-electron chi connectivity index (χ4n) is 4.25. The van der Waals surface area contributed by atoms with Gasteiger partial charge in [0.2, 0.25) is 0 Å². The molecule has 27 heavy (non-hydrogen) atoms. The van der Waals surface area contributed by atoms with E-state index in [2.05, 4.69) is 29.6 Å². The Balaban J connectivity index is 1.46. The minimum absolute atomic E-state index is 0.0395. The van der Waals surface area contributed by atoms with E-state index in [-0.39, 0.29) is 24.0 Å². The molecule has 1 saturated carbocycles. The van der Waals surface area contributed by atoms with Gasteiger partial charge in [-0.05, 0) is 41.0 Å². The number of carbonyl (C=O) groups excluding carboxylic acids is 1. The highest BCUT2D eigenvalue weighted by Crippen LogP contribution is 2.44. The molecule has 0 radical (unpaired) electrons. The van der Waals surface area contributed by atoms with E-state index in [1.807, 2.05) is 38.1 Å². The van der Waals surface area contributed by atoms with Crippen LogP contribution in [0.25, 0.3) is 11.1 Å². The fourth-order valence-corrected chi connectivity index (χ4v) is 4.25. The monoisotopic (exact) mass is 365 g/mol. The third-order valence-corrected chi connectivity index (χ3v) is 5.96. The van der Waals surface area contributed by atoms with Gasteiger partial charge in [-0.2, -0.15) is 0 Å². The van der Waals surface area contributed by atoms with Gasteiger partial charge < -0.3 is 15.2 Å². The maximum Gasteiger partial charge on any atom is 0.407 e. The summed E-state index contributed by atoms with van der Waals surface area (Å²) in [5.74, 6) is 0.501. The predicted molar refractivity (Wildman–Crippen MR) is 106 cm³/mol. The van der Waals surface area contributed by atoms with Crippen LogP contribution in [-0.4, -0.2) is 30.5 Å². The topological polar surface area (TPSA) is 58.6 Å². The van der Waals surface area contributed by atoms with Gasteiger partial charge in [0.25, 0.3) is 0 Å². The maximum atomic E-state index is 12.5. The molecule has 1 amide bonds. The highest BCUT2D eigenvalue weighted by atomic mass is 16.5. The molecule has 1 atom stereocenters. The van der Waals surface area contributed by atoms with Crippen LogP contribution in [-0.2, 0) is 4.74 Å². The molecule has 4 heteroatoms. The molecule has 4 nitrogen and oxygen atoms in total. The van der Waals surface area contributed by atoms with Gasteiger partial charge in [-0.25, -0.2) is 4.79 Å². The fraction of sp³-hybridized carbons (Fsp3) is 0.435. The van der Waals surface area contributed by atoms with E-state index in [0.29, 0.717) is 12.5 Å². The summed E-state index contributed by atoms with van der Waals surface area (Å²) in [4.78, 5) is 12.5. The van der Waals surface area contributed by atoms with E-state index < -0.39 is 6.09 Å². The van der Waals surface area contributed by atoms with Crippen molar-refractivity contribution in [2.24, 2.45) is 11.3 Å². The number of benzene rings is 2. The number of aliphatic hydroxyl groups is 1. The molecule has 2 aliphatic carbocycles. The number of amides is 1. The van der Waals surface area contributed by atoms with Crippen LogP contribution >= 0.6 is 0 Å². The third kappa shape index (κ3) is 3.46. The van der Waals surface area contributed by atoms with Crippen molar-refractivity contribution in [1.29, 1.82) is 0 Å². The van der Waals surface area contributed by atoms with Gasteiger partial charge in [-0.1, -0.05) is 62.4 Å². The number of ether oxygens (including phenoxy) is 1. The van der Waals surface area contributed by atoms with Gasteiger partial charge in [-0.3, -0.25) is 0 Å². The van der Waals surface area contributed by atoms with Gasteiger partial charge in [0.15, 0.2) is 0 Å². The minimum Gasteiger partial charge on any atom is -0.449 e. The Morgan fingerprint density at radius 1 is 1.11 bits per heavy atom. The molecule has 2 N–H and O–H groups in total. The van der Waals surface area contributed by atoms with Crippen LogP contribution in [0.15, 0.2) is 48.5 Å². The highest BCUT2D eigenvalue weighted by Gasteiger charge is 2.42. The number of hydrogen-bond acceptors (Lipinski definition) is 3. The van der Waals surface area contributed by atoms with Crippen LogP contribution in [0.2, 0.25) is 0 Å². The smallest absolute Gasteiger partial charge is 0.407 e. The number of nitrogens with one attached hydrogen (secondary N) is 1. The van der Waals surface area contributed by atoms with Crippen molar-refractivity contribution in [3.63, 3.8) is 0 Å². The summed E-state index contributed by atoms with van der Waals surface area (Å²) in [6, 6.07) is 16.6. The maximum absolute atomic E-state index is 12.5. The number of rotatable bonds is 6. The number of hydrogen-bond donors (Lipinski definition) is 2. The third-order valence-electron chi connectivity index (χ3n) is 5.96. The van der Waals surface area contributed by atoms with E-state index >= 15 is 0 Å². The number of alkyl carbamates (subject to hydrolysis) is 1. The summed E-state index contributed by atoms with van der Waals surface area (Å²) in [6.45, 7) is 4.33. The lowest BCUT2D eigenvalue weighted by Gasteiger charge is -2.33. The molecule has 4 rings (SSSR count). The average molecular weight is 365 g/mol. The Morgan fingerprint density at radius 3 is 2.19 bits per heavy atom. The first-order valence-electron chi connectivity index (χ1n) is 9.73. The molecule has 2 aromatic rings. The molecule has 0 saturated heterocycles. The molecule has 0 bridgehead atoms. The van der Waals surface area contributed by atoms with Gasteiger partial charge in [0.1, 0.15) is 6.61 Å². The Bertz CT molecular complexity index is 796. The lowest BCUT2D eigenvalue weighted by Crippen LogP contribution is -2.48. The second-order valence-electron chi connectivity index (χ2n) is 8.43. The second kappa shape index (κ2) is 7.01. The quantitative estimate of drug-likeness (QED) is 0.801. The molecule has 0 aromatic heterocycles. The first kappa shape index (κ1) is 18.1. The summed E-state index contributed by atoms with van der Waals surface area (Å²) < 4.78 is 5.66. The zero-order chi connectivity index (χ0) is 19.0. The van der Waals surface area contributed by atoms with Crippen LogP contribution < -0.4 is 5.32 Å². The molecular formula is C23H27NO3. The van der Waals surface area contributed by atoms with E-state index in [1.54, 1.807) is 0 Å².